The minimum Gasteiger partial charge on any atom is -0.378 e. The molecule has 4 N–H and O–H groups in total. The number of rotatable bonds is 8. The van der Waals surface area contributed by atoms with Crippen LogP contribution in [0.25, 0.3) is 0 Å². The van der Waals surface area contributed by atoms with E-state index in [2.05, 4.69) is 15.3 Å². The van der Waals surface area contributed by atoms with E-state index in [0.29, 0.717) is 11.6 Å². The maximum absolute atomic E-state index is 11.1. The van der Waals surface area contributed by atoms with Gasteiger partial charge in [-0.2, -0.15) is 17.0 Å². The average molecular weight is 311 g/mol. The van der Waals surface area contributed by atoms with Gasteiger partial charge in [0.15, 0.2) is 0 Å². The lowest BCUT2D eigenvalue weighted by Crippen LogP contribution is -2.22. The fraction of sp³-hybridized carbons (Fsp3) is 0.417. The van der Waals surface area contributed by atoms with E-state index in [9.17, 15) is 4.79 Å². The lowest BCUT2D eigenvalue weighted by atomic mass is 10.3. The zero-order chi connectivity index (χ0) is 15.0. The third-order valence-electron chi connectivity index (χ3n) is 2.49. The molecule has 0 radical (unpaired) electrons. The predicted octanol–water partition coefficient (Wildman–Crippen LogP) is 1.12. The predicted molar refractivity (Wildman–Crippen MR) is 82.8 cm³/mol. The number of aromatic amines is 1. The summed E-state index contributed by atoms with van der Waals surface area (Å²) in [5.41, 5.74) is 7.25. The largest absolute Gasteiger partial charge is 0.378 e. The van der Waals surface area contributed by atoms with Crippen molar-refractivity contribution in [2.75, 3.05) is 18.6 Å². The highest BCUT2D eigenvalue weighted by Gasteiger charge is 2.11. The van der Waals surface area contributed by atoms with E-state index in [0.717, 1.165) is 22.9 Å². The van der Waals surface area contributed by atoms with Crippen molar-refractivity contribution >= 4 is 29.4 Å². The topological polar surface area (TPSA) is 108 Å². The van der Waals surface area contributed by atoms with E-state index < -0.39 is 5.91 Å². The number of nitrogens with zero attached hydrogens (tertiary/aromatic N) is 2. The van der Waals surface area contributed by atoms with Gasteiger partial charge < -0.3 is 16.0 Å². The smallest absolute Gasteiger partial charge is 0.262 e. The Balaban J connectivity index is 2.38. The van der Waals surface area contributed by atoms with Crippen LogP contribution in [0.15, 0.2) is 16.9 Å². The van der Waals surface area contributed by atoms with E-state index in [-0.39, 0.29) is 5.57 Å². The Bertz CT molecular complexity index is 532. The molecule has 108 valence electrons. The average Bonchev–Trinajstić information content (AvgIpc) is 2.82. The Kier molecular flexibility index (Phi) is 7.04. The molecule has 0 aliphatic heterocycles. The number of imidazole rings is 1. The van der Waals surface area contributed by atoms with E-state index in [1.54, 1.807) is 24.3 Å². The minimum absolute atomic E-state index is 0.0226. The third-order valence-corrected chi connectivity index (χ3v) is 4.22. The number of primary amides is 1. The number of nitrogens with two attached hydrogens (primary N) is 1. The van der Waals surface area contributed by atoms with Gasteiger partial charge in [0.05, 0.1) is 17.1 Å². The van der Waals surface area contributed by atoms with Crippen LogP contribution in [0.5, 0.6) is 0 Å². The normalized spacial score (nSPS) is 11.7. The lowest BCUT2D eigenvalue weighted by molar-refractivity contribution is -0.114. The molecule has 0 fully saturated rings. The standard InChI is InChI=1S/C12H17N5OS2/c1-8-10(17-7-16-8)6-20-4-3-15-12(19-2)9(5-13)11(14)18/h7,15H,3-4,6H2,1-2H3,(H2,14,18)(H,16,17)/b12-9+. The number of H-pyrrole nitrogens is 1. The van der Waals surface area contributed by atoms with E-state index in [1.165, 1.54) is 11.8 Å². The van der Waals surface area contributed by atoms with Crippen LogP contribution in [0, 0.1) is 18.3 Å². The first kappa shape index (κ1) is 16.5. The SMILES string of the molecule is CS/C(NCCSCc1nc[nH]c1C)=C(\C#N)C(N)=O. The van der Waals surface area contributed by atoms with Gasteiger partial charge in [-0.25, -0.2) is 4.98 Å². The number of hydrogen-bond acceptors (Lipinski definition) is 6. The molecule has 8 heteroatoms. The molecule has 0 bridgehead atoms. The van der Waals surface area contributed by atoms with Crippen LogP contribution in [0.3, 0.4) is 0 Å². The molecular formula is C12H17N5OS2. The maximum atomic E-state index is 11.1. The molecule has 0 saturated heterocycles. The van der Waals surface area contributed by atoms with Crippen LogP contribution >= 0.6 is 23.5 Å². The van der Waals surface area contributed by atoms with E-state index in [4.69, 9.17) is 11.0 Å². The molecule has 0 spiro atoms. The van der Waals surface area contributed by atoms with Crippen molar-refractivity contribution in [1.29, 1.82) is 5.26 Å². The van der Waals surface area contributed by atoms with Crippen LogP contribution < -0.4 is 11.1 Å². The van der Waals surface area contributed by atoms with E-state index in [1.807, 2.05) is 13.0 Å². The molecule has 0 aliphatic rings. The summed E-state index contributed by atoms with van der Waals surface area (Å²) in [6.07, 6.45) is 3.48. The molecule has 1 aromatic heterocycles. The number of hydrogen-bond donors (Lipinski definition) is 3. The fourth-order valence-corrected chi connectivity index (χ4v) is 2.89. The summed E-state index contributed by atoms with van der Waals surface area (Å²) >= 11 is 3.04. The number of nitriles is 1. The second kappa shape index (κ2) is 8.55. The fourth-order valence-electron chi connectivity index (χ4n) is 1.42. The summed E-state index contributed by atoms with van der Waals surface area (Å²) in [5, 5.41) is 12.5. The summed E-state index contributed by atoms with van der Waals surface area (Å²) in [6, 6.07) is 1.82. The van der Waals surface area contributed by atoms with Crippen LogP contribution in [0.1, 0.15) is 11.4 Å². The van der Waals surface area contributed by atoms with Gasteiger partial charge in [-0.05, 0) is 13.2 Å². The van der Waals surface area contributed by atoms with Gasteiger partial charge in [0.25, 0.3) is 5.91 Å². The van der Waals surface area contributed by atoms with Gasteiger partial charge in [-0.1, -0.05) is 0 Å². The van der Waals surface area contributed by atoms with Crippen molar-refractivity contribution in [3.8, 4) is 6.07 Å². The molecule has 0 unspecified atom stereocenters. The number of aromatic nitrogens is 2. The van der Waals surface area contributed by atoms with Crippen molar-refractivity contribution in [1.82, 2.24) is 15.3 Å². The van der Waals surface area contributed by atoms with Crippen molar-refractivity contribution in [3.05, 3.63) is 28.3 Å². The first-order valence-electron chi connectivity index (χ1n) is 5.88. The van der Waals surface area contributed by atoms with Crippen molar-refractivity contribution in [3.63, 3.8) is 0 Å². The highest BCUT2D eigenvalue weighted by Crippen LogP contribution is 2.15. The summed E-state index contributed by atoms with van der Waals surface area (Å²) in [5.74, 6) is 0.966. The van der Waals surface area contributed by atoms with Gasteiger partial charge in [0.1, 0.15) is 11.6 Å². The van der Waals surface area contributed by atoms with Crippen molar-refractivity contribution < 1.29 is 4.79 Å². The third kappa shape index (κ3) is 4.83. The second-order valence-corrected chi connectivity index (χ2v) is 5.76. The molecule has 1 rings (SSSR count). The first-order valence-corrected chi connectivity index (χ1v) is 8.26. The molecule has 20 heavy (non-hydrogen) atoms. The molecule has 1 amide bonds. The van der Waals surface area contributed by atoms with Gasteiger partial charge in [0, 0.05) is 23.7 Å². The Morgan fingerprint density at radius 3 is 2.90 bits per heavy atom. The molecule has 0 saturated carbocycles. The number of amides is 1. The number of aryl methyl sites for hydroxylation is 1. The molecule has 0 aromatic carbocycles. The molecule has 0 atom stereocenters. The van der Waals surface area contributed by atoms with Gasteiger partial charge in [0.2, 0.25) is 0 Å². The number of thioether (sulfide) groups is 2. The van der Waals surface area contributed by atoms with Crippen LogP contribution in [0.2, 0.25) is 0 Å². The highest BCUT2D eigenvalue weighted by molar-refractivity contribution is 8.02. The first-order chi connectivity index (χ1) is 9.60. The number of carbonyl (C=O) groups is 1. The minimum atomic E-state index is -0.704. The summed E-state index contributed by atoms with van der Waals surface area (Å²) in [4.78, 5) is 18.3. The Morgan fingerprint density at radius 2 is 2.40 bits per heavy atom. The molecule has 1 heterocycles. The second-order valence-electron chi connectivity index (χ2n) is 3.84. The van der Waals surface area contributed by atoms with Crippen LogP contribution in [0.4, 0.5) is 0 Å². The van der Waals surface area contributed by atoms with Crippen LogP contribution in [-0.4, -0.2) is 34.4 Å². The number of nitrogens with one attached hydrogen (secondary N) is 2. The summed E-state index contributed by atoms with van der Waals surface area (Å²) < 4.78 is 0. The molecule has 0 aliphatic carbocycles. The van der Waals surface area contributed by atoms with Gasteiger partial charge >= 0.3 is 0 Å². The Labute approximate surface area is 126 Å². The van der Waals surface area contributed by atoms with Gasteiger partial charge in [-0.15, -0.1) is 11.8 Å². The molecular weight excluding hydrogens is 294 g/mol. The zero-order valence-electron chi connectivity index (χ0n) is 11.4. The quantitative estimate of drug-likeness (QED) is 0.377. The Hall–Kier alpha value is -1.59. The Morgan fingerprint density at radius 1 is 1.65 bits per heavy atom. The molecule has 6 nitrogen and oxygen atoms in total. The monoisotopic (exact) mass is 311 g/mol. The highest BCUT2D eigenvalue weighted by atomic mass is 32.2. The summed E-state index contributed by atoms with van der Waals surface area (Å²) in [6.45, 7) is 2.64. The van der Waals surface area contributed by atoms with Crippen molar-refractivity contribution in [2.45, 2.75) is 12.7 Å². The maximum Gasteiger partial charge on any atom is 0.262 e. The van der Waals surface area contributed by atoms with Crippen molar-refractivity contribution in [2.24, 2.45) is 5.73 Å². The number of carbonyl (C=O) groups excluding carboxylic acids is 1. The molecule has 1 aromatic rings. The summed E-state index contributed by atoms with van der Waals surface area (Å²) in [7, 11) is 0. The van der Waals surface area contributed by atoms with Crippen LogP contribution in [-0.2, 0) is 10.5 Å². The zero-order valence-corrected chi connectivity index (χ0v) is 13.0. The van der Waals surface area contributed by atoms with E-state index >= 15 is 0 Å². The van der Waals surface area contributed by atoms with Gasteiger partial charge in [-0.3, -0.25) is 4.79 Å². The lowest BCUT2D eigenvalue weighted by Gasteiger charge is -2.09.